The maximum Gasteiger partial charge on any atom is 0.326 e. The lowest BCUT2D eigenvalue weighted by Gasteiger charge is -2.05. The van der Waals surface area contributed by atoms with Crippen molar-refractivity contribution in [1.82, 2.24) is 4.57 Å². The van der Waals surface area contributed by atoms with Gasteiger partial charge in [-0.25, -0.2) is 0 Å². The van der Waals surface area contributed by atoms with Crippen molar-refractivity contribution in [3.05, 3.63) is 64.7 Å². The minimum atomic E-state index is -0.485. The fourth-order valence-electron chi connectivity index (χ4n) is 3.14. The topological polar surface area (TPSA) is 73.8 Å². The van der Waals surface area contributed by atoms with Gasteiger partial charge in [-0.05, 0) is 43.2 Å². The van der Waals surface area contributed by atoms with Gasteiger partial charge in [0.15, 0.2) is 10.6 Å². The Kier molecular flexibility index (Phi) is 5.31. The van der Waals surface area contributed by atoms with Crippen LogP contribution in [0.5, 0.6) is 0 Å². The summed E-state index contributed by atoms with van der Waals surface area (Å²) in [7, 11) is 0. The number of aromatic nitrogens is 1. The van der Waals surface area contributed by atoms with E-state index in [9.17, 15) is 9.59 Å². The molecule has 1 amide bonds. The number of esters is 1. The largest absolute Gasteiger partial charge is 0.465 e. The number of ether oxygens (including phenoxy) is 1. The predicted octanol–water partition coefficient (Wildman–Crippen LogP) is 4.32. The Labute approximate surface area is 171 Å². The minimum absolute atomic E-state index is 0.00838. The van der Waals surface area contributed by atoms with Crippen molar-refractivity contribution in [1.29, 1.82) is 0 Å². The molecule has 0 N–H and O–H groups in total. The zero-order valence-corrected chi connectivity index (χ0v) is 17.0. The lowest BCUT2D eigenvalue weighted by Crippen LogP contribution is -2.23. The molecule has 7 heteroatoms. The van der Waals surface area contributed by atoms with Gasteiger partial charge in [0.1, 0.15) is 12.1 Å². The molecule has 148 valence electrons. The highest BCUT2D eigenvalue weighted by Crippen LogP contribution is 2.21. The number of carbonyl (C=O) groups is 2. The number of aryl methyl sites for hydroxylation is 1. The summed E-state index contributed by atoms with van der Waals surface area (Å²) in [5.41, 5.74) is 2.66. The van der Waals surface area contributed by atoms with Crippen molar-refractivity contribution in [3.8, 4) is 0 Å². The normalized spacial score (nSPS) is 12.0. The van der Waals surface area contributed by atoms with Crippen LogP contribution in [0.1, 0.15) is 30.0 Å². The fraction of sp³-hybridized carbons (Fsp3) is 0.227. The van der Waals surface area contributed by atoms with Crippen LogP contribution in [0.3, 0.4) is 0 Å². The second-order valence-corrected chi connectivity index (χ2v) is 7.51. The molecule has 2 aromatic heterocycles. The summed E-state index contributed by atoms with van der Waals surface area (Å²) < 4.78 is 13.4. The maximum absolute atomic E-state index is 12.8. The van der Waals surface area contributed by atoms with E-state index in [4.69, 9.17) is 9.15 Å². The molecular weight excluding hydrogens is 388 g/mol. The van der Waals surface area contributed by atoms with Crippen LogP contribution in [-0.4, -0.2) is 23.1 Å². The molecule has 0 spiro atoms. The van der Waals surface area contributed by atoms with Crippen LogP contribution in [-0.2, 0) is 22.5 Å². The van der Waals surface area contributed by atoms with E-state index in [2.05, 4.69) is 18.0 Å². The first-order valence-corrected chi connectivity index (χ1v) is 10.3. The molecule has 6 nitrogen and oxygen atoms in total. The van der Waals surface area contributed by atoms with Crippen LogP contribution in [0.25, 0.3) is 21.2 Å². The van der Waals surface area contributed by atoms with Crippen LogP contribution < -0.4 is 4.80 Å². The Morgan fingerprint density at radius 1 is 1.14 bits per heavy atom. The minimum Gasteiger partial charge on any atom is -0.465 e. The molecule has 0 aliphatic carbocycles. The number of furan rings is 1. The number of carbonyl (C=O) groups excluding carboxylic acids is 2. The summed E-state index contributed by atoms with van der Waals surface area (Å²) in [6.45, 7) is 4.13. The monoisotopic (exact) mass is 408 g/mol. The van der Waals surface area contributed by atoms with Gasteiger partial charge in [0.05, 0.1) is 16.8 Å². The maximum atomic E-state index is 12.8. The smallest absolute Gasteiger partial charge is 0.326 e. The quantitative estimate of drug-likeness (QED) is 0.461. The number of hydrogen-bond donors (Lipinski definition) is 0. The second kappa shape index (κ2) is 8.05. The van der Waals surface area contributed by atoms with Gasteiger partial charge in [-0.15, -0.1) is 0 Å². The number of fused-ring (bicyclic) bond motifs is 2. The van der Waals surface area contributed by atoms with Crippen molar-refractivity contribution in [2.24, 2.45) is 4.99 Å². The van der Waals surface area contributed by atoms with Gasteiger partial charge >= 0.3 is 11.9 Å². The lowest BCUT2D eigenvalue weighted by atomic mass is 10.2. The van der Waals surface area contributed by atoms with Gasteiger partial charge < -0.3 is 13.7 Å². The summed E-state index contributed by atoms with van der Waals surface area (Å²) in [5, 5.41) is 0.842. The number of para-hydroxylation sites is 1. The molecule has 0 aliphatic rings. The molecule has 2 heterocycles. The highest BCUT2D eigenvalue weighted by Gasteiger charge is 2.15. The first kappa shape index (κ1) is 19.1. The summed E-state index contributed by atoms with van der Waals surface area (Å²) >= 11 is 1.37. The van der Waals surface area contributed by atoms with Crippen molar-refractivity contribution in [2.45, 2.75) is 26.8 Å². The van der Waals surface area contributed by atoms with E-state index >= 15 is 0 Å². The molecule has 4 rings (SSSR count). The SMILES string of the molecule is CCOC(=O)Cn1c(=NC(=O)c2cc3ccccc3o2)sc2cc(CC)ccc21. The third kappa shape index (κ3) is 3.86. The van der Waals surface area contributed by atoms with Crippen LogP contribution >= 0.6 is 11.3 Å². The van der Waals surface area contributed by atoms with Crippen LogP contribution in [0.15, 0.2) is 57.9 Å². The van der Waals surface area contributed by atoms with Gasteiger partial charge in [0, 0.05) is 5.39 Å². The van der Waals surface area contributed by atoms with Crippen molar-refractivity contribution >= 4 is 44.4 Å². The van der Waals surface area contributed by atoms with E-state index in [1.807, 2.05) is 30.3 Å². The average Bonchev–Trinajstić information content (AvgIpc) is 3.29. The molecule has 2 aromatic carbocycles. The molecule has 4 aromatic rings. The third-order valence-electron chi connectivity index (χ3n) is 4.58. The highest BCUT2D eigenvalue weighted by molar-refractivity contribution is 7.16. The summed E-state index contributed by atoms with van der Waals surface area (Å²) in [5.74, 6) is -0.689. The van der Waals surface area contributed by atoms with Gasteiger partial charge in [-0.1, -0.05) is 42.5 Å². The van der Waals surface area contributed by atoms with Crippen molar-refractivity contribution < 1.29 is 18.7 Å². The molecule has 0 radical (unpaired) electrons. The molecule has 0 fully saturated rings. The predicted molar refractivity (Wildman–Crippen MR) is 112 cm³/mol. The van der Waals surface area contributed by atoms with E-state index in [1.54, 1.807) is 23.6 Å². The molecule has 0 saturated heterocycles. The zero-order chi connectivity index (χ0) is 20.4. The highest BCUT2D eigenvalue weighted by atomic mass is 32.1. The van der Waals surface area contributed by atoms with Gasteiger partial charge in [0.25, 0.3) is 0 Å². The van der Waals surface area contributed by atoms with Crippen LogP contribution in [0, 0.1) is 0 Å². The summed E-state index contributed by atoms with van der Waals surface area (Å²) in [4.78, 5) is 29.6. The first-order chi connectivity index (χ1) is 14.1. The number of rotatable bonds is 5. The lowest BCUT2D eigenvalue weighted by molar-refractivity contribution is -0.143. The summed E-state index contributed by atoms with van der Waals surface area (Å²) in [6.07, 6.45) is 0.899. The number of benzene rings is 2. The molecular formula is C22H20N2O4S. The van der Waals surface area contributed by atoms with Gasteiger partial charge in [-0.2, -0.15) is 4.99 Å². The van der Waals surface area contributed by atoms with E-state index in [0.717, 1.165) is 22.0 Å². The molecule has 29 heavy (non-hydrogen) atoms. The second-order valence-electron chi connectivity index (χ2n) is 6.50. The average molecular weight is 408 g/mol. The number of thiazole rings is 1. The molecule has 0 saturated carbocycles. The van der Waals surface area contributed by atoms with Gasteiger partial charge in [0.2, 0.25) is 0 Å². The summed E-state index contributed by atoms with van der Waals surface area (Å²) in [6, 6.07) is 15.1. The van der Waals surface area contributed by atoms with Crippen molar-refractivity contribution in [3.63, 3.8) is 0 Å². The Bertz CT molecular complexity index is 1250. The van der Waals surface area contributed by atoms with Crippen LogP contribution in [0.4, 0.5) is 0 Å². The number of hydrogen-bond acceptors (Lipinski definition) is 5. The Morgan fingerprint density at radius 3 is 2.72 bits per heavy atom. The number of nitrogens with zero attached hydrogens (tertiary/aromatic N) is 2. The van der Waals surface area contributed by atoms with E-state index in [1.165, 1.54) is 16.9 Å². The number of amides is 1. The van der Waals surface area contributed by atoms with E-state index in [0.29, 0.717) is 17.0 Å². The molecule has 0 aliphatic heterocycles. The molecule has 0 unspecified atom stereocenters. The first-order valence-electron chi connectivity index (χ1n) is 9.44. The van der Waals surface area contributed by atoms with E-state index < -0.39 is 5.91 Å². The standard InChI is InChI=1S/C22H20N2O4S/c1-3-14-9-10-16-19(11-14)29-22(24(16)13-20(25)27-4-2)23-21(26)18-12-15-7-5-6-8-17(15)28-18/h5-12H,3-4,13H2,1-2H3. The molecule has 0 bridgehead atoms. The van der Waals surface area contributed by atoms with Crippen molar-refractivity contribution in [2.75, 3.05) is 6.61 Å². The fourth-order valence-corrected chi connectivity index (χ4v) is 4.23. The Morgan fingerprint density at radius 2 is 1.97 bits per heavy atom. The Hall–Kier alpha value is -3.19. The third-order valence-corrected chi connectivity index (χ3v) is 5.62. The zero-order valence-electron chi connectivity index (χ0n) is 16.2. The van der Waals surface area contributed by atoms with Crippen LogP contribution in [0.2, 0.25) is 0 Å². The van der Waals surface area contributed by atoms with Gasteiger partial charge in [-0.3, -0.25) is 9.59 Å². The Balaban J connectivity index is 1.81. The molecule has 0 atom stereocenters. The van der Waals surface area contributed by atoms with E-state index in [-0.39, 0.29) is 18.3 Å².